The average Bonchev–Trinajstić information content (AvgIpc) is 2.57. The monoisotopic (exact) mass is 274 g/mol. The molecule has 8 heteroatoms. The molecule has 2 rings (SSSR count). The first-order valence-corrected chi connectivity index (χ1v) is 7.11. The first kappa shape index (κ1) is 12.7. The van der Waals surface area contributed by atoms with Crippen molar-refractivity contribution in [2.24, 2.45) is 0 Å². The van der Waals surface area contributed by atoms with Crippen molar-refractivity contribution in [3.05, 3.63) is 34.1 Å². The first-order chi connectivity index (χ1) is 8.39. The molecule has 0 amide bonds. The second kappa shape index (κ2) is 4.52. The number of nitrogens with one attached hydrogen (secondary N) is 1. The maximum Gasteiger partial charge on any atom is 0.327 e. The summed E-state index contributed by atoms with van der Waals surface area (Å²) in [4.78, 5) is 9.93. The highest BCUT2D eigenvalue weighted by Gasteiger charge is 2.30. The molecule has 1 aliphatic rings. The van der Waals surface area contributed by atoms with Crippen molar-refractivity contribution in [2.75, 3.05) is 16.8 Å². The van der Waals surface area contributed by atoms with Gasteiger partial charge < -0.3 is 5.32 Å². The lowest BCUT2D eigenvalue weighted by molar-refractivity contribution is -0.386. The molecule has 1 heterocycles. The molecule has 1 aromatic carbocycles. The van der Waals surface area contributed by atoms with Gasteiger partial charge in [-0.3, -0.25) is 10.1 Å². The Morgan fingerprint density at radius 3 is 2.72 bits per heavy atom. The van der Waals surface area contributed by atoms with Crippen molar-refractivity contribution >= 4 is 21.2 Å². The lowest BCUT2D eigenvalue weighted by Gasteiger charge is -2.12. The van der Waals surface area contributed by atoms with E-state index in [2.05, 4.69) is 5.32 Å². The van der Waals surface area contributed by atoms with Crippen LogP contribution in [0.25, 0.3) is 0 Å². The summed E-state index contributed by atoms with van der Waals surface area (Å²) in [5.41, 5.74) is -0.635. The highest BCUT2D eigenvalue weighted by Crippen LogP contribution is 2.29. The minimum absolute atomic E-state index is 0.0158. The molecule has 1 N–H and O–H groups in total. The normalized spacial score (nSPS) is 21.7. The standard InChI is InChI=1S/C10H11FN2O4S/c11-8-2-1-3-9(10(8)13(14)15)12-7-4-5-18(16,17)6-7/h1-3,7,12H,4-6H2. The smallest absolute Gasteiger partial charge is 0.327 e. The van der Waals surface area contributed by atoms with E-state index in [0.29, 0.717) is 6.42 Å². The lowest BCUT2D eigenvalue weighted by Crippen LogP contribution is -2.21. The van der Waals surface area contributed by atoms with Crippen molar-refractivity contribution in [3.63, 3.8) is 0 Å². The number of sulfone groups is 1. The summed E-state index contributed by atoms with van der Waals surface area (Å²) in [7, 11) is -3.08. The molecule has 0 bridgehead atoms. The Hall–Kier alpha value is -1.70. The van der Waals surface area contributed by atoms with Crippen LogP contribution in [0, 0.1) is 15.9 Å². The summed E-state index contributed by atoms with van der Waals surface area (Å²) < 4.78 is 35.9. The topological polar surface area (TPSA) is 89.3 Å². The van der Waals surface area contributed by atoms with Gasteiger partial charge in [-0.1, -0.05) is 6.07 Å². The predicted octanol–water partition coefficient (Wildman–Crippen LogP) is 1.33. The number of nitro groups is 1. The van der Waals surface area contributed by atoms with E-state index < -0.39 is 32.3 Å². The van der Waals surface area contributed by atoms with Crippen molar-refractivity contribution in [2.45, 2.75) is 12.5 Å². The van der Waals surface area contributed by atoms with E-state index in [9.17, 15) is 22.9 Å². The van der Waals surface area contributed by atoms with Gasteiger partial charge in [0.1, 0.15) is 5.69 Å². The van der Waals surface area contributed by atoms with Gasteiger partial charge in [-0.05, 0) is 18.6 Å². The van der Waals surface area contributed by atoms with Gasteiger partial charge in [-0.25, -0.2) is 8.42 Å². The Morgan fingerprint density at radius 1 is 1.44 bits per heavy atom. The van der Waals surface area contributed by atoms with E-state index >= 15 is 0 Å². The SMILES string of the molecule is O=[N+]([O-])c1c(F)cccc1NC1CCS(=O)(=O)C1. The minimum atomic E-state index is -3.08. The van der Waals surface area contributed by atoms with E-state index in [1.54, 1.807) is 0 Å². The van der Waals surface area contributed by atoms with Crippen LogP contribution in [0.15, 0.2) is 18.2 Å². The van der Waals surface area contributed by atoms with Crippen molar-refractivity contribution in [1.29, 1.82) is 0 Å². The molecule has 0 aliphatic carbocycles. The fourth-order valence-electron chi connectivity index (χ4n) is 1.95. The zero-order valence-corrected chi connectivity index (χ0v) is 10.1. The Morgan fingerprint density at radius 2 is 2.17 bits per heavy atom. The molecular weight excluding hydrogens is 263 g/mol. The number of halogens is 1. The van der Waals surface area contributed by atoms with Crippen LogP contribution in [-0.2, 0) is 9.84 Å². The van der Waals surface area contributed by atoms with Gasteiger partial charge in [-0.15, -0.1) is 0 Å². The maximum absolute atomic E-state index is 13.3. The third kappa shape index (κ3) is 2.58. The van der Waals surface area contributed by atoms with Gasteiger partial charge in [0.25, 0.3) is 0 Å². The number of benzene rings is 1. The molecule has 1 unspecified atom stereocenters. The molecule has 0 spiro atoms. The van der Waals surface area contributed by atoms with Crippen LogP contribution in [-0.4, -0.2) is 30.9 Å². The van der Waals surface area contributed by atoms with Crippen molar-refractivity contribution < 1.29 is 17.7 Å². The highest BCUT2D eigenvalue weighted by atomic mass is 32.2. The van der Waals surface area contributed by atoms with Crippen molar-refractivity contribution in [1.82, 2.24) is 0 Å². The molecular formula is C10H11FN2O4S. The number of hydrogen-bond donors (Lipinski definition) is 1. The van der Waals surface area contributed by atoms with Crippen molar-refractivity contribution in [3.8, 4) is 0 Å². The van der Waals surface area contributed by atoms with Crippen LogP contribution in [0.1, 0.15) is 6.42 Å². The fourth-order valence-corrected chi connectivity index (χ4v) is 3.62. The average molecular weight is 274 g/mol. The van der Waals surface area contributed by atoms with E-state index in [0.717, 1.165) is 6.07 Å². The third-order valence-electron chi connectivity index (χ3n) is 2.76. The van der Waals surface area contributed by atoms with Crippen LogP contribution in [0.5, 0.6) is 0 Å². The van der Waals surface area contributed by atoms with Gasteiger partial charge in [0.2, 0.25) is 5.82 Å². The number of nitro benzene ring substituents is 1. The van der Waals surface area contributed by atoms with Gasteiger partial charge in [0.05, 0.1) is 16.4 Å². The van der Waals surface area contributed by atoms with Crippen LogP contribution < -0.4 is 5.32 Å². The highest BCUT2D eigenvalue weighted by molar-refractivity contribution is 7.91. The first-order valence-electron chi connectivity index (χ1n) is 5.29. The summed E-state index contributed by atoms with van der Waals surface area (Å²) in [6.45, 7) is 0. The Kier molecular flexibility index (Phi) is 3.20. The molecule has 1 aliphatic heterocycles. The summed E-state index contributed by atoms with van der Waals surface area (Å²) in [5, 5.41) is 13.5. The van der Waals surface area contributed by atoms with Crippen LogP contribution in [0.4, 0.5) is 15.8 Å². The molecule has 0 saturated carbocycles. The lowest BCUT2D eigenvalue weighted by atomic mass is 10.2. The summed E-state index contributed by atoms with van der Waals surface area (Å²) >= 11 is 0. The maximum atomic E-state index is 13.3. The fraction of sp³-hybridized carbons (Fsp3) is 0.400. The number of hydrogen-bond acceptors (Lipinski definition) is 5. The van der Waals surface area contributed by atoms with Crippen LogP contribution in [0.2, 0.25) is 0 Å². The molecule has 0 aromatic heterocycles. The zero-order chi connectivity index (χ0) is 13.3. The third-order valence-corrected chi connectivity index (χ3v) is 4.53. The number of anilines is 1. The quantitative estimate of drug-likeness (QED) is 0.663. The van der Waals surface area contributed by atoms with Crippen LogP contribution in [0.3, 0.4) is 0 Å². The van der Waals surface area contributed by atoms with E-state index in [1.165, 1.54) is 12.1 Å². The number of rotatable bonds is 3. The molecule has 1 aromatic rings. The second-order valence-electron chi connectivity index (χ2n) is 4.14. The molecule has 0 radical (unpaired) electrons. The summed E-state index contributed by atoms with van der Waals surface area (Å²) in [5.74, 6) is -0.972. The van der Waals surface area contributed by atoms with Crippen LogP contribution >= 0.6 is 0 Å². The Balaban J connectivity index is 2.25. The molecule has 6 nitrogen and oxygen atoms in total. The van der Waals surface area contributed by atoms with E-state index in [1.807, 2.05) is 0 Å². The molecule has 18 heavy (non-hydrogen) atoms. The Bertz CT molecular complexity index is 588. The molecule has 1 fully saturated rings. The largest absolute Gasteiger partial charge is 0.376 e. The zero-order valence-electron chi connectivity index (χ0n) is 9.30. The predicted molar refractivity (Wildman–Crippen MR) is 63.7 cm³/mol. The molecule has 1 saturated heterocycles. The minimum Gasteiger partial charge on any atom is -0.376 e. The second-order valence-corrected chi connectivity index (χ2v) is 6.37. The van der Waals surface area contributed by atoms with Gasteiger partial charge in [-0.2, -0.15) is 4.39 Å². The van der Waals surface area contributed by atoms with Gasteiger partial charge in [0, 0.05) is 6.04 Å². The number of nitrogens with zero attached hydrogens (tertiary/aromatic N) is 1. The van der Waals surface area contributed by atoms with E-state index in [4.69, 9.17) is 0 Å². The summed E-state index contributed by atoms with van der Waals surface area (Å²) in [6.07, 6.45) is 0.371. The van der Waals surface area contributed by atoms with Gasteiger partial charge in [0.15, 0.2) is 9.84 Å². The Labute approximate surface area is 103 Å². The number of para-hydroxylation sites is 1. The molecule has 98 valence electrons. The summed E-state index contributed by atoms with van der Waals surface area (Å²) in [6, 6.07) is 3.30. The van der Waals surface area contributed by atoms with E-state index in [-0.39, 0.29) is 17.2 Å². The molecule has 1 atom stereocenters. The van der Waals surface area contributed by atoms with Gasteiger partial charge >= 0.3 is 5.69 Å².